The molecule has 1 rings (SSSR count). The Morgan fingerprint density at radius 1 is 1.16 bits per heavy atom. The molecule has 1 aliphatic rings. The lowest BCUT2D eigenvalue weighted by atomic mass is 9.89. The number of nitrogens with zero attached hydrogens (tertiary/aromatic N) is 1. The molecule has 0 spiro atoms. The van der Waals surface area contributed by atoms with Crippen LogP contribution >= 0.6 is 0 Å². The van der Waals surface area contributed by atoms with Crippen LogP contribution in [0.3, 0.4) is 0 Å². The average Bonchev–Trinajstić information content (AvgIpc) is 2.39. The largest absolute Gasteiger partial charge is 0.317 e. The third-order valence-corrected chi connectivity index (χ3v) is 5.87. The van der Waals surface area contributed by atoms with Crippen LogP contribution in [0.25, 0.3) is 0 Å². The maximum absolute atomic E-state index is 12.1. The minimum atomic E-state index is -3.04. The Balaban J connectivity index is 2.25. The van der Waals surface area contributed by atoms with Gasteiger partial charge in [0.2, 0.25) is 10.0 Å². The Labute approximate surface area is 119 Å². The van der Waals surface area contributed by atoms with Gasteiger partial charge in [0.25, 0.3) is 0 Å². The molecule has 0 atom stereocenters. The molecule has 1 N–H and O–H groups in total. The van der Waals surface area contributed by atoms with Crippen molar-refractivity contribution < 1.29 is 8.42 Å². The highest BCUT2D eigenvalue weighted by Gasteiger charge is 2.22. The van der Waals surface area contributed by atoms with E-state index in [1.54, 1.807) is 11.4 Å². The summed E-state index contributed by atoms with van der Waals surface area (Å²) in [4.78, 5) is 0. The molecule has 4 nitrogen and oxygen atoms in total. The van der Waals surface area contributed by atoms with Crippen LogP contribution < -0.4 is 5.32 Å². The summed E-state index contributed by atoms with van der Waals surface area (Å²) in [6, 6.07) is 0. The van der Waals surface area contributed by atoms with Crippen molar-refractivity contribution in [2.24, 2.45) is 5.92 Å². The molecule has 19 heavy (non-hydrogen) atoms. The fourth-order valence-corrected chi connectivity index (χ4v) is 4.03. The fourth-order valence-electron chi connectivity index (χ4n) is 2.71. The van der Waals surface area contributed by atoms with E-state index >= 15 is 0 Å². The van der Waals surface area contributed by atoms with Crippen molar-refractivity contribution in [2.75, 3.05) is 32.4 Å². The average molecular weight is 290 g/mol. The Morgan fingerprint density at radius 3 is 2.47 bits per heavy atom. The molecule has 1 saturated carbocycles. The van der Waals surface area contributed by atoms with E-state index in [9.17, 15) is 8.42 Å². The van der Waals surface area contributed by atoms with E-state index in [4.69, 9.17) is 0 Å². The molecular formula is C14H30N2O2S. The molecular weight excluding hydrogens is 260 g/mol. The van der Waals surface area contributed by atoms with Crippen LogP contribution in [-0.2, 0) is 10.0 Å². The van der Waals surface area contributed by atoms with Crippen molar-refractivity contribution in [1.82, 2.24) is 9.62 Å². The van der Waals surface area contributed by atoms with Crippen LogP contribution in [-0.4, -0.2) is 45.2 Å². The van der Waals surface area contributed by atoms with Crippen LogP contribution in [0.2, 0.25) is 0 Å². The van der Waals surface area contributed by atoms with Crippen LogP contribution in [0.15, 0.2) is 0 Å². The molecule has 0 amide bonds. The number of nitrogens with one attached hydrogen (secondary N) is 1. The molecule has 0 unspecified atom stereocenters. The predicted octanol–water partition coefficient (Wildman–Crippen LogP) is 2.22. The lowest BCUT2D eigenvalue weighted by Crippen LogP contribution is -2.34. The summed E-state index contributed by atoms with van der Waals surface area (Å²) in [7, 11) is -1.30. The number of rotatable bonds is 9. The summed E-state index contributed by atoms with van der Waals surface area (Å²) in [5.41, 5.74) is 0. The topological polar surface area (TPSA) is 49.4 Å². The molecule has 114 valence electrons. The number of unbranched alkanes of at least 4 members (excludes halogenated alkanes) is 1. The van der Waals surface area contributed by atoms with E-state index in [0.29, 0.717) is 11.7 Å². The summed E-state index contributed by atoms with van der Waals surface area (Å²) in [5.74, 6) is 0.872. The van der Waals surface area contributed by atoms with Gasteiger partial charge in [-0.05, 0) is 44.7 Å². The third kappa shape index (κ3) is 6.72. The minimum Gasteiger partial charge on any atom is -0.317 e. The first-order valence-corrected chi connectivity index (χ1v) is 9.32. The van der Waals surface area contributed by atoms with Gasteiger partial charge in [0, 0.05) is 13.6 Å². The summed E-state index contributed by atoms with van der Waals surface area (Å²) < 4.78 is 25.9. The molecule has 5 heteroatoms. The fraction of sp³-hybridized carbons (Fsp3) is 1.00. The lowest BCUT2D eigenvalue weighted by Gasteiger charge is -2.26. The molecule has 0 aromatic heterocycles. The quantitative estimate of drug-likeness (QED) is 0.662. The molecule has 1 fully saturated rings. The molecule has 0 aromatic rings. The van der Waals surface area contributed by atoms with Crippen LogP contribution in [0.1, 0.15) is 51.9 Å². The molecule has 1 aliphatic carbocycles. The number of sulfonamides is 1. The van der Waals surface area contributed by atoms with Crippen LogP contribution in [0, 0.1) is 5.92 Å². The first kappa shape index (κ1) is 16.9. The Morgan fingerprint density at radius 2 is 1.84 bits per heavy atom. The standard InChI is InChI=1S/C14H30N2O2S/c1-3-15-11-7-8-12-19(17,18)16(2)13-14-9-5-4-6-10-14/h14-15H,3-13H2,1-2H3. The highest BCUT2D eigenvalue weighted by molar-refractivity contribution is 7.89. The normalized spacial score (nSPS) is 18.1. The minimum absolute atomic E-state index is 0.293. The van der Waals surface area contributed by atoms with Gasteiger partial charge in [-0.1, -0.05) is 26.2 Å². The summed E-state index contributed by atoms with van der Waals surface area (Å²) in [5, 5.41) is 3.22. The number of hydrogen-bond donors (Lipinski definition) is 1. The Bertz CT molecular complexity index is 324. The molecule has 0 bridgehead atoms. The van der Waals surface area contributed by atoms with Crippen LogP contribution in [0.4, 0.5) is 0 Å². The van der Waals surface area contributed by atoms with Gasteiger partial charge in [-0.3, -0.25) is 0 Å². The highest BCUT2D eigenvalue weighted by Crippen LogP contribution is 2.24. The monoisotopic (exact) mass is 290 g/mol. The SMILES string of the molecule is CCNCCCCS(=O)(=O)N(C)CC1CCCCC1. The summed E-state index contributed by atoms with van der Waals surface area (Å²) >= 11 is 0. The van der Waals surface area contributed by atoms with Crippen molar-refractivity contribution in [3.05, 3.63) is 0 Å². The van der Waals surface area contributed by atoms with Crippen molar-refractivity contribution in [3.8, 4) is 0 Å². The van der Waals surface area contributed by atoms with Gasteiger partial charge in [0.15, 0.2) is 0 Å². The van der Waals surface area contributed by atoms with E-state index in [1.807, 2.05) is 0 Å². The second-order valence-electron chi connectivity index (χ2n) is 5.66. The highest BCUT2D eigenvalue weighted by atomic mass is 32.2. The van der Waals surface area contributed by atoms with Gasteiger partial charge in [0.1, 0.15) is 0 Å². The first-order valence-electron chi connectivity index (χ1n) is 7.71. The molecule has 0 aromatic carbocycles. The second kappa shape index (κ2) is 8.93. The van der Waals surface area contributed by atoms with E-state index in [2.05, 4.69) is 12.2 Å². The summed E-state index contributed by atoms with van der Waals surface area (Å²) in [6.45, 7) is 4.65. The first-order chi connectivity index (χ1) is 9.06. The van der Waals surface area contributed by atoms with Crippen molar-refractivity contribution in [3.63, 3.8) is 0 Å². The van der Waals surface area contributed by atoms with E-state index in [0.717, 1.165) is 32.5 Å². The zero-order valence-corrected chi connectivity index (χ0v) is 13.3. The Kier molecular flexibility index (Phi) is 7.95. The van der Waals surface area contributed by atoms with Gasteiger partial charge >= 0.3 is 0 Å². The van der Waals surface area contributed by atoms with Crippen LogP contribution in [0.5, 0.6) is 0 Å². The molecule has 0 radical (unpaired) electrons. The maximum atomic E-state index is 12.1. The molecule has 0 aliphatic heterocycles. The maximum Gasteiger partial charge on any atom is 0.213 e. The third-order valence-electron chi connectivity index (χ3n) is 3.97. The smallest absolute Gasteiger partial charge is 0.213 e. The van der Waals surface area contributed by atoms with Gasteiger partial charge < -0.3 is 5.32 Å². The van der Waals surface area contributed by atoms with E-state index < -0.39 is 10.0 Å². The molecule has 0 saturated heterocycles. The van der Waals surface area contributed by atoms with Gasteiger partial charge in [-0.15, -0.1) is 0 Å². The van der Waals surface area contributed by atoms with Gasteiger partial charge in [-0.25, -0.2) is 12.7 Å². The zero-order chi connectivity index (χ0) is 14.1. The van der Waals surface area contributed by atoms with Gasteiger partial charge in [-0.2, -0.15) is 0 Å². The predicted molar refractivity (Wildman–Crippen MR) is 80.8 cm³/mol. The Hall–Kier alpha value is -0.130. The van der Waals surface area contributed by atoms with Crippen molar-refractivity contribution in [2.45, 2.75) is 51.9 Å². The van der Waals surface area contributed by atoms with Crippen molar-refractivity contribution >= 4 is 10.0 Å². The summed E-state index contributed by atoms with van der Waals surface area (Å²) in [6.07, 6.45) is 7.93. The molecule has 0 heterocycles. The number of hydrogen-bond acceptors (Lipinski definition) is 3. The van der Waals surface area contributed by atoms with Gasteiger partial charge in [0.05, 0.1) is 5.75 Å². The second-order valence-corrected chi connectivity index (χ2v) is 7.86. The van der Waals surface area contributed by atoms with E-state index in [1.165, 1.54) is 32.1 Å². The van der Waals surface area contributed by atoms with Crippen molar-refractivity contribution in [1.29, 1.82) is 0 Å². The van der Waals surface area contributed by atoms with E-state index in [-0.39, 0.29) is 0 Å². The lowest BCUT2D eigenvalue weighted by molar-refractivity contribution is 0.300. The zero-order valence-electron chi connectivity index (χ0n) is 12.5.